The molecule has 0 bridgehead atoms. The van der Waals surface area contributed by atoms with Gasteiger partial charge in [-0.1, -0.05) is 12.1 Å². The summed E-state index contributed by atoms with van der Waals surface area (Å²) in [5.74, 6) is 1.08. The van der Waals surface area contributed by atoms with E-state index in [1.54, 1.807) is 6.07 Å². The predicted molar refractivity (Wildman–Crippen MR) is 111 cm³/mol. The van der Waals surface area contributed by atoms with Crippen LogP contribution in [0.5, 0.6) is 5.75 Å². The lowest BCUT2D eigenvalue weighted by molar-refractivity contribution is 0.128. The second-order valence-electron chi connectivity index (χ2n) is 8.15. The molecule has 2 saturated heterocycles. The molecular weight excluding hydrogens is 352 g/mol. The molecule has 0 aliphatic carbocycles. The first kappa shape index (κ1) is 17.7. The molecule has 148 valence electrons. The number of phenols is 1. The molecule has 28 heavy (non-hydrogen) atoms. The van der Waals surface area contributed by atoms with E-state index in [0.717, 1.165) is 49.8 Å². The van der Waals surface area contributed by atoms with Gasteiger partial charge in [-0.15, -0.1) is 10.2 Å². The first-order valence-corrected chi connectivity index (χ1v) is 10.3. The molecular formula is C21H28N6O. The number of hydrogen-bond acceptors (Lipinski definition) is 7. The highest BCUT2D eigenvalue weighted by atomic mass is 16.3. The molecule has 5 rings (SSSR count). The van der Waals surface area contributed by atoms with Crippen molar-refractivity contribution in [2.24, 2.45) is 0 Å². The Labute approximate surface area is 165 Å². The number of nitrogens with zero attached hydrogens (tertiary/aromatic N) is 4. The molecule has 7 heteroatoms. The summed E-state index contributed by atoms with van der Waals surface area (Å²) in [6.07, 6.45) is 2.49. The van der Waals surface area contributed by atoms with E-state index in [1.165, 1.54) is 12.8 Å². The third-order valence-corrected chi connectivity index (χ3v) is 6.48. The van der Waals surface area contributed by atoms with Crippen molar-refractivity contribution in [1.29, 1.82) is 0 Å². The van der Waals surface area contributed by atoms with Crippen molar-refractivity contribution in [1.82, 2.24) is 20.4 Å². The van der Waals surface area contributed by atoms with E-state index in [2.05, 4.69) is 43.6 Å². The molecule has 4 heterocycles. The zero-order valence-corrected chi connectivity index (χ0v) is 16.3. The summed E-state index contributed by atoms with van der Waals surface area (Å²) in [5.41, 5.74) is 2.54. The Kier molecular flexibility index (Phi) is 4.56. The van der Waals surface area contributed by atoms with E-state index in [9.17, 15) is 5.11 Å². The molecule has 7 nitrogen and oxygen atoms in total. The number of hydrogen-bond donors (Lipinski definition) is 3. The van der Waals surface area contributed by atoms with Gasteiger partial charge in [0, 0.05) is 37.3 Å². The average Bonchev–Trinajstić information content (AvgIpc) is 2.74. The minimum Gasteiger partial charge on any atom is -0.507 e. The van der Waals surface area contributed by atoms with Gasteiger partial charge in [-0.05, 0) is 51.1 Å². The molecule has 0 unspecified atom stereocenters. The van der Waals surface area contributed by atoms with Crippen molar-refractivity contribution < 1.29 is 5.11 Å². The van der Waals surface area contributed by atoms with Crippen LogP contribution in [0.4, 0.5) is 11.5 Å². The number of rotatable bonds is 2. The van der Waals surface area contributed by atoms with E-state index in [-0.39, 0.29) is 5.75 Å². The van der Waals surface area contributed by atoms with Crippen LogP contribution < -0.4 is 15.5 Å². The molecule has 0 spiro atoms. The second kappa shape index (κ2) is 7.22. The van der Waals surface area contributed by atoms with E-state index in [0.29, 0.717) is 23.8 Å². The summed E-state index contributed by atoms with van der Waals surface area (Å²) in [4.78, 5) is 5.18. The van der Waals surface area contributed by atoms with Gasteiger partial charge in [-0.25, -0.2) is 0 Å². The number of aromatic nitrogens is 2. The van der Waals surface area contributed by atoms with Crippen LogP contribution >= 0.6 is 0 Å². The summed E-state index contributed by atoms with van der Waals surface area (Å²) < 4.78 is 0. The van der Waals surface area contributed by atoms with Crippen molar-refractivity contribution in [3.8, 4) is 17.0 Å². The number of para-hydroxylation sites is 1. The highest BCUT2D eigenvalue weighted by Gasteiger charge is 2.39. The predicted octanol–water partition coefficient (Wildman–Crippen LogP) is 1.91. The van der Waals surface area contributed by atoms with Crippen molar-refractivity contribution >= 4 is 11.5 Å². The van der Waals surface area contributed by atoms with E-state index >= 15 is 0 Å². The van der Waals surface area contributed by atoms with Crippen LogP contribution in [0.1, 0.15) is 19.8 Å². The van der Waals surface area contributed by atoms with Gasteiger partial charge in [-0.3, -0.25) is 4.90 Å². The van der Waals surface area contributed by atoms with Gasteiger partial charge >= 0.3 is 0 Å². The summed E-state index contributed by atoms with van der Waals surface area (Å²) in [6.45, 7) is 7.66. The van der Waals surface area contributed by atoms with Gasteiger partial charge in [0.15, 0.2) is 5.82 Å². The van der Waals surface area contributed by atoms with Gasteiger partial charge in [0.25, 0.3) is 0 Å². The zero-order valence-electron chi connectivity index (χ0n) is 16.3. The fourth-order valence-electron chi connectivity index (χ4n) is 4.90. The van der Waals surface area contributed by atoms with Gasteiger partial charge in [0.2, 0.25) is 0 Å². The molecule has 1 aromatic heterocycles. The number of piperazine rings is 1. The fraction of sp³-hybridized carbons (Fsp3) is 0.524. The molecule has 0 amide bonds. The molecule has 2 aromatic rings. The third kappa shape index (κ3) is 3.08. The number of benzene rings is 1. The molecule has 1 aromatic carbocycles. The lowest BCUT2D eigenvalue weighted by Crippen LogP contribution is -2.63. The van der Waals surface area contributed by atoms with Crippen molar-refractivity contribution in [2.45, 2.75) is 37.9 Å². The Bertz CT molecular complexity index is 853. The van der Waals surface area contributed by atoms with Gasteiger partial charge < -0.3 is 20.6 Å². The van der Waals surface area contributed by atoms with Crippen LogP contribution in [0.3, 0.4) is 0 Å². The van der Waals surface area contributed by atoms with E-state index in [4.69, 9.17) is 0 Å². The van der Waals surface area contributed by atoms with E-state index in [1.807, 2.05) is 18.2 Å². The topological polar surface area (TPSA) is 76.6 Å². The maximum Gasteiger partial charge on any atom is 0.172 e. The van der Waals surface area contributed by atoms with Crippen molar-refractivity contribution in [3.63, 3.8) is 0 Å². The lowest BCUT2D eigenvalue weighted by atomic mass is 9.96. The number of aromatic hydroxyl groups is 1. The van der Waals surface area contributed by atoms with Gasteiger partial charge in [0.05, 0.1) is 17.4 Å². The van der Waals surface area contributed by atoms with Gasteiger partial charge in [0.1, 0.15) is 5.75 Å². The molecule has 2 atom stereocenters. The summed E-state index contributed by atoms with van der Waals surface area (Å²) in [6, 6.07) is 10.8. The van der Waals surface area contributed by atoms with Crippen LogP contribution in [0, 0.1) is 0 Å². The third-order valence-electron chi connectivity index (χ3n) is 6.48. The fourth-order valence-corrected chi connectivity index (χ4v) is 4.90. The number of phenolic OH excluding ortho intramolecular Hbond substituents is 1. The van der Waals surface area contributed by atoms with Gasteiger partial charge in [-0.2, -0.15) is 0 Å². The molecule has 2 fully saturated rings. The van der Waals surface area contributed by atoms with Crippen LogP contribution in [0.15, 0.2) is 30.3 Å². The van der Waals surface area contributed by atoms with Crippen molar-refractivity contribution in [2.75, 3.05) is 42.9 Å². The number of anilines is 2. The Hall–Kier alpha value is -2.38. The molecule has 3 aliphatic heterocycles. The standard InChI is InChI=1S/C21H28N6O/c1-14-19-13-26(15-6-8-22-9-7-15)10-11-27(19)18-12-17(24-25-21(18)23-14)16-4-2-3-5-20(16)28/h2-5,12,14-15,19,22,28H,6-11,13H2,1H3,(H,23,25)/t14-,19+/m1/s1. The van der Waals surface area contributed by atoms with Crippen LogP contribution in [-0.4, -0.2) is 71.1 Å². The van der Waals surface area contributed by atoms with E-state index < -0.39 is 0 Å². The highest BCUT2D eigenvalue weighted by molar-refractivity contribution is 5.76. The normalized spacial score (nSPS) is 25.7. The summed E-state index contributed by atoms with van der Waals surface area (Å²) in [7, 11) is 0. The average molecular weight is 380 g/mol. The molecule has 3 N–H and O–H groups in total. The quantitative estimate of drug-likeness (QED) is 0.735. The number of fused-ring (bicyclic) bond motifs is 3. The second-order valence-corrected chi connectivity index (χ2v) is 8.15. The number of piperidine rings is 1. The first-order valence-electron chi connectivity index (χ1n) is 10.3. The largest absolute Gasteiger partial charge is 0.507 e. The molecule has 3 aliphatic rings. The summed E-state index contributed by atoms with van der Waals surface area (Å²) >= 11 is 0. The zero-order chi connectivity index (χ0) is 19.1. The van der Waals surface area contributed by atoms with Crippen molar-refractivity contribution in [3.05, 3.63) is 30.3 Å². The minimum absolute atomic E-state index is 0.237. The minimum atomic E-state index is 0.237. The Morgan fingerprint density at radius 2 is 1.93 bits per heavy atom. The molecule has 0 radical (unpaired) electrons. The first-order chi connectivity index (χ1) is 13.7. The summed E-state index contributed by atoms with van der Waals surface area (Å²) in [5, 5.41) is 26.1. The monoisotopic (exact) mass is 380 g/mol. The Morgan fingerprint density at radius 3 is 2.75 bits per heavy atom. The Morgan fingerprint density at radius 1 is 1.11 bits per heavy atom. The SMILES string of the molecule is C[C@H]1Nc2nnc(-c3ccccc3O)cc2N2CCN(C3CCNCC3)C[C@@H]12. The Balaban J connectivity index is 1.43. The smallest absolute Gasteiger partial charge is 0.172 e. The number of nitrogens with one attached hydrogen (secondary N) is 2. The van der Waals surface area contributed by atoms with Crippen LogP contribution in [-0.2, 0) is 0 Å². The lowest BCUT2D eigenvalue weighted by Gasteiger charge is -2.50. The van der Waals surface area contributed by atoms with Crippen LogP contribution in [0.2, 0.25) is 0 Å². The maximum absolute atomic E-state index is 10.2. The highest BCUT2D eigenvalue weighted by Crippen LogP contribution is 2.38. The molecule has 0 saturated carbocycles. The van der Waals surface area contributed by atoms with Crippen LogP contribution in [0.25, 0.3) is 11.3 Å². The maximum atomic E-state index is 10.2.